The largest absolute Gasteiger partial charge is 0.320 e. The molecule has 0 saturated heterocycles. The molecule has 2 aromatic heterocycles. The van der Waals surface area contributed by atoms with Gasteiger partial charge in [-0.25, -0.2) is 4.98 Å². The van der Waals surface area contributed by atoms with Crippen LogP contribution in [0.3, 0.4) is 0 Å². The Hall–Kier alpha value is -1.69. The smallest absolute Gasteiger partial charge is 0.282 e. The van der Waals surface area contributed by atoms with E-state index in [1.54, 1.807) is 11.6 Å². The predicted molar refractivity (Wildman–Crippen MR) is 67.4 cm³/mol. The first-order valence-corrected chi connectivity index (χ1v) is 6.20. The van der Waals surface area contributed by atoms with E-state index in [9.17, 15) is 9.59 Å². The minimum atomic E-state index is -0.242. The molecule has 6 heteroatoms. The van der Waals surface area contributed by atoms with E-state index < -0.39 is 0 Å². The molecule has 17 heavy (non-hydrogen) atoms. The molecule has 0 aliphatic rings. The highest BCUT2D eigenvalue weighted by Crippen LogP contribution is 2.08. The standard InChI is InChI=1S/C11H13N3O2S/c1-7(2)5-9(15)13-8-6-12-11-14(10(8)16)3-4-17-11/h3-4,6-7H,5H2,1-2H3,(H,13,15). The van der Waals surface area contributed by atoms with Crippen LogP contribution in [0.4, 0.5) is 5.69 Å². The van der Waals surface area contributed by atoms with E-state index in [0.29, 0.717) is 11.4 Å². The number of rotatable bonds is 3. The van der Waals surface area contributed by atoms with E-state index in [-0.39, 0.29) is 23.1 Å². The zero-order chi connectivity index (χ0) is 12.4. The van der Waals surface area contributed by atoms with E-state index in [0.717, 1.165) is 0 Å². The molecule has 1 amide bonds. The van der Waals surface area contributed by atoms with Gasteiger partial charge in [0.15, 0.2) is 4.96 Å². The van der Waals surface area contributed by atoms with Gasteiger partial charge in [-0.15, -0.1) is 11.3 Å². The van der Waals surface area contributed by atoms with Gasteiger partial charge in [0, 0.05) is 18.0 Å². The van der Waals surface area contributed by atoms with Crippen molar-refractivity contribution in [1.29, 1.82) is 0 Å². The van der Waals surface area contributed by atoms with Crippen molar-refractivity contribution >= 4 is 27.9 Å². The Bertz CT molecular complexity index is 600. The number of carbonyl (C=O) groups excluding carboxylic acids is 1. The molecular weight excluding hydrogens is 238 g/mol. The number of nitrogens with one attached hydrogen (secondary N) is 1. The molecule has 90 valence electrons. The third kappa shape index (κ3) is 2.52. The van der Waals surface area contributed by atoms with E-state index in [1.165, 1.54) is 21.9 Å². The number of hydrogen-bond acceptors (Lipinski definition) is 4. The molecule has 0 fully saturated rings. The molecule has 0 radical (unpaired) electrons. The molecule has 2 aromatic rings. The minimum Gasteiger partial charge on any atom is -0.320 e. The first kappa shape index (κ1) is 11.8. The molecule has 0 spiro atoms. The van der Waals surface area contributed by atoms with Gasteiger partial charge < -0.3 is 5.32 Å². The Labute approximate surface area is 102 Å². The van der Waals surface area contributed by atoms with Crippen LogP contribution in [0.1, 0.15) is 20.3 Å². The molecule has 0 saturated carbocycles. The van der Waals surface area contributed by atoms with E-state index >= 15 is 0 Å². The van der Waals surface area contributed by atoms with Crippen LogP contribution in [0.2, 0.25) is 0 Å². The Kier molecular flexibility index (Phi) is 3.23. The van der Waals surface area contributed by atoms with Crippen molar-refractivity contribution in [2.24, 2.45) is 5.92 Å². The first-order chi connectivity index (χ1) is 8.08. The molecule has 0 bridgehead atoms. The predicted octanol–water partition coefficient (Wildman–Crippen LogP) is 1.74. The number of anilines is 1. The van der Waals surface area contributed by atoms with Crippen molar-refractivity contribution in [3.05, 3.63) is 28.1 Å². The first-order valence-electron chi connectivity index (χ1n) is 5.32. The maximum Gasteiger partial charge on any atom is 0.282 e. The summed E-state index contributed by atoms with van der Waals surface area (Å²) in [4.78, 5) is 28.2. The monoisotopic (exact) mass is 251 g/mol. The summed E-state index contributed by atoms with van der Waals surface area (Å²) in [5.74, 6) is 0.102. The van der Waals surface area contributed by atoms with Gasteiger partial charge in [0.2, 0.25) is 5.91 Å². The minimum absolute atomic E-state index is 0.158. The highest BCUT2D eigenvalue weighted by molar-refractivity contribution is 7.15. The molecule has 0 unspecified atom stereocenters. The lowest BCUT2D eigenvalue weighted by molar-refractivity contribution is -0.116. The molecule has 2 rings (SSSR count). The summed E-state index contributed by atoms with van der Waals surface area (Å²) in [6.45, 7) is 3.90. The quantitative estimate of drug-likeness (QED) is 0.903. The summed E-state index contributed by atoms with van der Waals surface area (Å²) >= 11 is 1.38. The third-order valence-corrected chi connectivity index (χ3v) is 2.98. The SMILES string of the molecule is CC(C)CC(=O)Nc1cnc2sccn2c1=O. The van der Waals surface area contributed by atoms with Crippen LogP contribution in [0.25, 0.3) is 4.96 Å². The summed E-state index contributed by atoms with van der Waals surface area (Å²) in [6.07, 6.45) is 3.45. The fraction of sp³-hybridized carbons (Fsp3) is 0.364. The van der Waals surface area contributed by atoms with Crippen LogP contribution in [0.5, 0.6) is 0 Å². The van der Waals surface area contributed by atoms with Crippen molar-refractivity contribution in [1.82, 2.24) is 9.38 Å². The maximum absolute atomic E-state index is 11.9. The fourth-order valence-electron chi connectivity index (χ4n) is 1.48. The molecule has 2 heterocycles. The zero-order valence-electron chi connectivity index (χ0n) is 9.64. The van der Waals surface area contributed by atoms with E-state index in [1.807, 2.05) is 13.8 Å². The van der Waals surface area contributed by atoms with Crippen LogP contribution in [0, 0.1) is 5.92 Å². The lowest BCUT2D eigenvalue weighted by atomic mass is 10.1. The topological polar surface area (TPSA) is 63.5 Å². The van der Waals surface area contributed by atoms with Crippen LogP contribution < -0.4 is 10.9 Å². The van der Waals surface area contributed by atoms with Crippen LogP contribution in [-0.2, 0) is 4.79 Å². The Morgan fingerprint density at radius 3 is 3.06 bits per heavy atom. The average Bonchev–Trinajstić information content (AvgIpc) is 2.69. The van der Waals surface area contributed by atoms with Gasteiger partial charge >= 0.3 is 0 Å². The molecule has 1 N–H and O–H groups in total. The maximum atomic E-state index is 11.9. The summed E-state index contributed by atoms with van der Waals surface area (Å²) in [5, 5.41) is 4.37. The molecular formula is C11H13N3O2S. The fourth-order valence-corrected chi connectivity index (χ4v) is 2.16. The number of fused-ring (bicyclic) bond motifs is 1. The van der Waals surface area contributed by atoms with Crippen LogP contribution >= 0.6 is 11.3 Å². The Morgan fingerprint density at radius 2 is 2.35 bits per heavy atom. The number of hydrogen-bond donors (Lipinski definition) is 1. The molecule has 0 aromatic carbocycles. The summed E-state index contributed by atoms with van der Waals surface area (Å²) in [5.41, 5.74) is -0.0140. The Morgan fingerprint density at radius 1 is 1.59 bits per heavy atom. The van der Waals surface area contributed by atoms with E-state index in [2.05, 4.69) is 10.3 Å². The normalized spacial score (nSPS) is 11.0. The summed E-state index contributed by atoms with van der Waals surface area (Å²) < 4.78 is 1.43. The third-order valence-electron chi connectivity index (χ3n) is 2.21. The van der Waals surface area contributed by atoms with Crippen LogP contribution in [-0.4, -0.2) is 15.3 Å². The lowest BCUT2D eigenvalue weighted by Gasteiger charge is -2.06. The Balaban J connectivity index is 2.27. The summed E-state index contributed by atoms with van der Waals surface area (Å²) in [6, 6.07) is 0. The molecule has 0 atom stereocenters. The number of nitrogens with zero attached hydrogens (tertiary/aromatic N) is 2. The molecule has 0 aliphatic heterocycles. The molecule has 5 nitrogen and oxygen atoms in total. The van der Waals surface area contributed by atoms with Gasteiger partial charge in [-0.05, 0) is 5.92 Å². The highest BCUT2D eigenvalue weighted by Gasteiger charge is 2.10. The van der Waals surface area contributed by atoms with Crippen molar-refractivity contribution in [2.75, 3.05) is 5.32 Å². The van der Waals surface area contributed by atoms with E-state index in [4.69, 9.17) is 0 Å². The van der Waals surface area contributed by atoms with Crippen molar-refractivity contribution in [2.45, 2.75) is 20.3 Å². The van der Waals surface area contributed by atoms with Gasteiger partial charge in [-0.3, -0.25) is 14.0 Å². The van der Waals surface area contributed by atoms with Crippen molar-refractivity contribution in [3.8, 4) is 0 Å². The summed E-state index contributed by atoms with van der Waals surface area (Å²) in [7, 11) is 0. The zero-order valence-corrected chi connectivity index (χ0v) is 10.5. The number of aromatic nitrogens is 2. The second kappa shape index (κ2) is 4.67. The average molecular weight is 251 g/mol. The number of amides is 1. The number of carbonyl (C=O) groups is 1. The van der Waals surface area contributed by atoms with Gasteiger partial charge in [0.1, 0.15) is 5.69 Å². The number of thiazole rings is 1. The van der Waals surface area contributed by atoms with Crippen LogP contribution in [0.15, 0.2) is 22.6 Å². The van der Waals surface area contributed by atoms with Gasteiger partial charge in [-0.2, -0.15) is 0 Å². The van der Waals surface area contributed by atoms with Gasteiger partial charge in [0.25, 0.3) is 5.56 Å². The van der Waals surface area contributed by atoms with Gasteiger partial charge in [0.05, 0.1) is 6.20 Å². The lowest BCUT2D eigenvalue weighted by Crippen LogP contribution is -2.23. The second-order valence-corrected chi connectivity index (χ2v) is 5.05. The van der Waals surface area contributed by atoms with Gasteiger partial charge in [-0.1, -0.05) is 13.8 Å². The molecule has 0 aliphatic carbocycles. The second-order valence-electron chi connectivity index (χ2n) is 4.18. The highest BCUT2D eigenvalue weighted by atomic mass is 32.1. The van der Waals surface area contributed by atoms with Crippen molar-refractivity contribution in [3.63, 3.8) is 0 Å². The van der Waals surface area contributed by atoms with Crippen molar-refractivity contribution < 1.29 is 4.79 Å².